The smallest absolute Gasteiger partial charge is 0.405 e. The Morgan fingerprint density at radius 3 is 2.24 bits per heavy atom. The molecule has 0 aliphatic carbocycles. The number of rotatable bonds is 14. The second kappa shape index (κ2) is 15.3. The molecule has 0 saturated carbocycles. The fraction of sp³-hybridized carbons (Fsp3) is 0.846. The van der Waals surface area contributed by atoms with Gasteiger partial charge in [0.1, 0.15) is 0 Å². The minimum absolute atomic E-state index is 0.248. The minimum atomic E-state index is -1.22. The van der Waals surface area contributed by atoms with Crippen molar-refractivity contribution in [2.75, 3.05) is 45.4 Å². The van der Waals surface area contributed by atoms with Gasteiger partial charge in [-0.2, -0.15) is 0 Å². The molecule has 0 aliphatic rings. The molecule has 8 heteroatoms. The summed E-state index contributed by atoms with van der Waals surface area (Å²) in [7, 11) is 0. The molecule has 124 valence electrons. The third kappa shape index (κ3) is 16.9. The normalized spacial score (nSPS) is 10.3. The average Bonchev–Trinajstić information content (AvgIpc) is 2.46. The van der Waals surface area contributed by atoms with Crippen molar-refractivity contribution in [1.82, 2.24) is 10.6 Å². The van der Waals surface area contributed by atoms with Gasteiger partial charge in [0.2, 0.25) is 5.91 Å². The highest BCUT2D eigenvalue weighted by molar-refractivity contribution is 6.17. The SMILES string of the molecule is O=C(O)NCC(=O)NCCOCCOCCCCCCCl. The first-order chi connectivity index (χ1) is 10.2. The van der Waals surface area contributed by atoms with Crippen LogP contribution in [0.4, 0.5) is 4.79 Å². The van der Waals surface area contributed by atoms with E-state index in [4.69, 9.17) is 26.2 Å². The van der Waals surface area contributed by atoms with Crippen LogP contribution in [0, 0.1) is 0 Å². The van der Waals surface area contributed by atoms with E-state index >= 15 is 0 Å². The molecule has 0 aromatic rings. The van der Waals surface area contributed by atoms with Crippen molar-refractivity contribution in [2.45, 2.75) is 25.7 Å². The number of hydrogen-bond acceptors (Lipinski definition) is 4. The molecule has 0 radical (unpaired) electrons. The van der Waals surface area contributed by atoms with E-state index in [2.05, 4.69) is 5.32 Å². The number of carbonyl (C=O) groups excluding carboxylic acids is 1. The molecule has 2 amide bonds. The summed E-state index contributed by atoms with van der Waals surface area (Å²) in [4.78, 5) is 21.2. The number of ether oxygens (including phenoxy) is 2. The lowest BCUT2D eigenvalue weighted by molar-refractivity contribution is -0.120. The number of amides is 2. The van der Waals surface area contributed by atoms with Crippen LogP contribution in [0.25, 0.3) is 0 Å². The molecule has 0 spiro atoms. The molecule has 0 bridgehead atoms. The van der Waals surface area contributed by atoms with Crippen molar-refractivity contribution < 1.29 is 24.2 Å². The zero-order chi connectivity index (χ0) is 15.8. The highest BCUT2D eigenvalue weighted by Crippen LogP contribution is 2.00. The van der Waals surface area contributed by atoms with Crippen molar-refractivity contribution in [3.8, 4) is 0 Å². The van der Waals surface area contributed by atoms with E-state index in [-0.39, 0.29) is 12.5 Å². The summed E-state index contributed by atoms with van der Waals surface area (Å²) < 4.78 is 10.6. The van der Waals surface area contributed by atoms with Crippen LogP contribution < -0.4 is 10.6 Å². The second-order valence-electron chi connectivity index (χ2n) is 4.34. The molecule has 0 saturated heterocycles. The van der Waals surface area contributed by atoms with Crippen LogP contribution in [0.15, 0.2) is 0 Å². The summed E-state index contributed by atoms with van der Waals surface area (Å²) in [6.45, 7) is 2.21. The third-order valence-corrected chi connectivity index (χ3v) is 2.78. The maximum absolute atomic E-state index is 11.1. The molecule has 3 N–H and O–H groups in total. The zero-order valence-corrected chi connectivity index (χ0v) is 13.0. The standard InChI is InChI=1S/C13H25ClN2O5/c14-5-3-1-2-4-7-20-9-10-21-8-6-15-12(17)11-16-13(18)19/h16H,1-11H2,(H,15,17)(H,18,19). The van der Waals surface area contributed by atoms with E-state index in [0.717, 1.165) is 38.2 Å². The predicted molar refractivity (Wildman–Crippen MR) is 79.9 cm³/mol. The van der Waals surface area contributed by atoms with Crippen LogP contribution in [-0.4, -0.2) is 62.5 Å². The molecule has 0 unspecified atom stereocenters. The van der Waals surface area contributed by atoms with Gasteiger partial charge < -0.3 is 25.2 Å². The predicted octanol–water partition coefficient (Wildman–Crippen LogP) is 1.20. The lowest BCUT2D eigenvalue weighted by Gasteiger charge is -2.07. The summed E-state index contributed by atoms with van der Waals surface area (Å²) in [6, 6.07) is 0. The van der Waals surface area contributed by atoms with Crippen molar-refractivity contribution in [3.63, 3.8) is 0 Å². The molecule has 0 aromatic carbocycles. The van der Waals surface area contributed by atoms with Gasteiger partial charge in [-0.1, -0.05) is 12.8 Å². The van der Waals surface area contributed by atoms with Gasteiger partial charge in [0.25, 0.3) is 0 Å². The lowest BCUT2D eigenvalue weighted by Crippen LogP contribution is -2.37. The molecule has 0 heterocycles. The summed E-state index contributed by atoms with van der Waals surface area (Å²) in [5.41, 5.74) is 0. The average molecular weight is 325 g/mol. The Bertz CT molecular complexity index is 279. The lowest BCUT2D eigenvalue weighted by atomic mass is 10.2. The van der Waals surface area contributed by atoms with E-state index in [9.17, 15) is 9.59 Å². The quantitative estimate of drug-likeness (QED) is 0.329. The van der Waals surface area contributed by atoms with E-state index < -0.39 is 6.09 Å². The van der Waals surface area contributed by atoms with E-state index in [1.807, 2.05) is 5.32 Å². The van der Waals surface area contributed by atoms with Gasteiger partial charge in [-0.05, 0) is 12.8 Å². The Hall–Kier alpha value is -1.05. The van der Waals surface area contributed by atoms with Gasteiger partial charge >= 0.3 is 6.09 Å². The molecule has 0 fully saturated rings. The highest BCUT2D eigenvalue weighted by atomic mass is 35.5. The first-order valence-electron chi connectivity index (χ1n) is 7.11. The molecule has 0 rings (SSSR count). The minimum Gasteiger partial charge on any atom is -0.465 e. The fourth-order valence-corrected chi connectivity index (χ4v) is 1.64. The van der Waals surface area contributed by atoms with Gasteiger partial charge in [0, 0.05) is 19.0 Å². The van der Waals surface area contributed by atoms with Crippen LogP contribution >= 0.6 is 11.6 Å². The number of unbranched alkanes of at least 4 members (excludes halogenated alkanes) is 3. The topological polar surface area (TPSA) is 96.9 Å². The number of carbonyl (C=O) groups is 2. The fourth-order valence-electron chi connectivity index (χ4n) is 1.46. The Balaban J connectivity index is 3.12. The van der Waals surface area contributed by atoms with Crippen molar-refractivity contribution in [1.29, 1.82) is 0 Å². The monoisotopic (exact) mass is 324 g/mol. The molecule has 7 nitrogen and oxygen atoms in total. The van der Waals surface area contributed by atoms with Crippen molar-refractivity contribution in [3.05, 3.63) is 0 Å². The zero-order valence-electron chi connectivity index (χ0n) is 12.2. The second-order valence-corrected chi connectivity index (χ2v) is 4.71. The van der Waals surface area contributed by atoms with E-state index in [1.54, 1.807) is 0 Å². The van der Waals surface area contributed by atoms with Crippen LogP contribution in [-0.2, 0) is 14.3 Å². The number of hydrogen-bond donors (Lipinski definition) is 3. The first kappa shape index (κ1) is 19.9. The highest BCUT2D eigenvalue weighted by Gasteiger charge is 2.01. The molecule has 21 heavy (non-hydrogen) atoms. The van der Waals surface area contributed by atoms with Gasteiger partial charge in [0.05, 0.1) is 26.4 Å². The van der Waals surface area contributed by atoms with Crippen LogP contribution in [0.5, 0.6) is 0 Å². The Labute approximate surface area is 130 Å². The molecular weight excluding hydrogens is 300 g/mol. The number of halogens is 1. The summed E-state index contributed by atoms with van der Waals surface area (Å²) in [6.07, 6.45) is 3.13. The Morgan fingerprint density at radius 1 is 0.905 bits per heavy atom. The van der Waals surface area contributed by atoms with E-state index in [0.29, 0.717) is 26.4 Å². The summed E-state index contributed by atoms with van der Waals surface area (Å²) in [5.74, 6) is 0.339. The summed E-state index contributed by atoms with van der Waals surface area (Å²) in [5, 5.41) is 12.8. The van der Waals surface area contributed by atoms with Crippen molar-refractivity contribution >= 4 is 23.6 Å². The molecular formula is C13H25ClN2O5. The largest absolute Gasteiger partial charge is 0.465 e. The first-order valence-corrected chi connectivity index (χ1v) is 7.65. The Morgan fingerprint density at radius 2 is 1.57 bits per heavy atom. The van der Waals surface area contributed by atoms with Crippen LogP contribution in [0.1, 0.15) is 25.7 Å². The maximum atomic E-state index is 11.1. The van der Waals surface area contributed by atoms with Crippen LogP contribution in [0.3, 0.4) is 0 Å². The maximum Gasteiger partial charge on any atom is 0.405 e. The number of nitrogens with one attached hydrogen (secondary N) is 2. The molecule has 0 atom stereocenters. The Kier molecular flexibility index (Phi) is 14.6. The van der Waals surface area contributed by atoms with Gasteiger partial charge in [0.15, 0.2) is 0 Å². The number of alkyl halides is 1. The molecule has 0 aliphatic heterocycles. The van der Waals surface area contributed by atoms with Gasteiger partial charge in [-0.3, -0.25) is 4.79 Å². The van der Waals surface area contributed by atoms with Crippen molar-refractivity contribution in [2.24, 2.45) is 0 Å². The number of carboxylic acid groups (broad SMARTS) is 1. The third-order valence-electron chi connectivity index (χ3n) is 2.51. The summed E-state index contributed by atoms with van der Waals surface area (Å²) >= 11 is 5.57. The van der Waals surface area contributed by atoms with Gasteiger partial charge in [-0.25, -0.2) is 4.79 Å². The van der Waals surface area contributed by atoms with Crippen LogP contribution in [0.2, 0.25) is 0 Å². The molecule has 0 aromatic heterocycles. The van der Waals surface area contributed by atoms with Gasteiger partial charge in [-0.15, -0.1) is 11.6 Å². The van der Waals surface area contributed by atoms with E-state index in [1.165, 1.54) is 0 Å².